The Hall–Kier alpha value is -3.23. The molecule has 0 bridgehead atoms. The van der Waals surface area contributed by atoms with Gasteiger partial charge in [-0.05, 0) is 49.4 Å². The zero-order valence-corrected chi connectivity index (χ0v) is 18.7. The summed E-state index contributed by atoms with van der Waals surface area (Å²) in [6.07, 6.45) is 0. The van der Waals surface area contributed by atoms with Crippen LogP contribution < -0.4 is 10.2 Å². The molecule has 1 atom stereocenters. The molecule has 0 aliphatic carbocycles. The van der Waals surface area contributed by atoms with Gasteiger partial charge >= 0.3 is 5.97 Å². The maximum absolute atomic E-state index is 13.2. The number of hydrogen-bond acceptors (Lipinski definition) is 6. The predicted octanol–water partition coefficient (Wildman–Crippen LogP) is 5.11. The minimum absolute atomic E-state index is 0.108. The molecule has 2 heterocycles. The van der Waals surface area contributed by atoms with E-state index >= 15 is 0 Å². The number of benzene rings is 3. The van der Waals surface area contributed by atoms with E-state index in [1.807, 2.05) is 55.5 Å². The van der Waals surface area contributed by atoms with Crippen molar-refractivity contribution < 1.29 is 19.1 Å². The fourth-order valence-corrected chi connectivity index (χ4v) is 5.57. The van der Waals surface area contributed by atoms with Crippen LogP contribution in [0, 0.1) is 0 Å². The summed E-state index contributed by atoms with van der Waals surface area (Å²) in [4.78, 5) is 42.1. The Morgan fingerprint density at radius 3 is 2.31 bits per heavy atom. The molecule has 0 spiro atoms. The normalized spacial score (nSPS) is 16.3. The molecule has 3 aromatic carbocycles. The van der Waals surface area contributed by atoms with Gasteiger partial charge in [0.1, 0.15) is 0 Å². The molecular weight excluding hydrogens is 444 g/mol. The van der Waals surface area contributed by atoms with E-state index in [0.717, 1.165) is 26.1 Å². The van der Waals surface area contributed by atoms with Gasteiger partial charge in [0.25, 0.3) is 5.91 Å². The summed E-state index contributed by atoms with van der Waals surface area (Å²) < 4.78 is 5.36. The fourth-order valence-electron chi connectivity index (χ4n) is 3.58. The highest BCUT2D eigenvalue weighted by Gasteiger charge is 2.29. The van der Waals surface area contributed by atoms with Crippen molar-refractivity contribution >= 4 is 58.4 Å². The van der Waals surface area contributed by atoms with Crippen molar-refractivity contribution in [2.45, 2.75) is 26.9 Å². The Morgan fingerprint density at radius 1 is 0.969 bits per heavy atom. The monoisotopic (exact) mass is 462 g/mol. The van der Waals surface area contributed by atoms with E-state index in [4.69, 9.17) is 4.74 Å². The van der Waals surface area contributed by atoms with Gasteiger partial charge in [-0.25, -0.2) is 4.79 Å². The van der Waals surface area contributed by atoms with Crippen LogP contribution in [0.1, 0.15) is 17.3 Å². The third kappa shape index (κ3) is 3.76. The second-order valence-corrected chi connectivity index (χ2v) is 9.77. The molecule has 0 saturated heterocycles. The van der Waals surface area contributed by atoms with Gasteiger partial charge in [-0.15, -0.1) is 11.8 Å². The number of nitrogens with one attached hydrogen (secondary N) is 1. The second-order valence-electron chi connectivity index (χ2n) is 7.30. The molecule has 2 aliphatic rings. The largest absolute Gasteiger partial charge is 0.452 e. The molecule has 6 nitrogen and oxygen atoms in total. The Morgan fingerprint density at radius 2 is 1.62 bits per heavy atom. The summed E-state index contributed by atoms with van der Waals surface area (Å²) in [7, 11) is 0. The molecule has 0 radical (unpaired) electrons. The average Bonchev–Trinajstić information content (AvgIpc) is 2.81. The van der Waals surface area contributed by atoms with Crippen LogP contribution in [0.3, 0.4) is 0 Å². The van der Waals surface area contributed by atoms with Gasteiger partial charge in [-0.2, -0.15) is 0 Å². The molecular formula is C24H18N2O4S2. The van der Waals surface area contributed by atoms with Crippen molar-refractivity contribution in [1.29, 1.82) is 0 Å². The number of para-hydroxylation sites is 2. The molecule has 1 unspecified atom stereocenters. The van der Waals surface area contributed by atoms with Crippen LogP contribution in [0.15, 0.2) is 81.4 Å². The molecule has 0 saturated carbocycles. The summed E-state index contributed by atoms with van der Waals surface area (Å²) in [6, 6.07) is 20.3. The summed E-state index contributed by atoms with van der Waals surface area (Å²) in [5.41, 5.74) is 2.39. The lowest BCUT2D eigenvalue weighted by atomic mass is 10.2. The topological polar surface area (TPSA) is 75.7 Å². The maximum atomic E-state index is 13.2. The first-order valence-electron chi connectivity index (χ1n) is 9.99. The lowest BCUT2D eigenvalue weighted by molar-refractivity contribution is -0.121. The van der Waals surface area contributed by atoms with Crippen molar-refractivity contribution in [3.63, 3.8) is 0 Å². The van der Waals surface area contributed by atoms with Crippen LogP contribution >= 0.6 is 23.5 Å². The Kier molecular flexibility index (Phi) is 5.40. The Labute approximate surface area is 193 Å². The highest BCUT2D eigenvalue weighted by atomic mass is 32.2. The summed E-state index contributed by atoms with van der Waals surface area (Å²) in [5.74, 6) is -1.07. The van der Waals surface area contributed by atoms with Crippen LogP contribution in [-0.4, -0.2) is 29.6 Å². The first kappa shape index (κ1) is 20.7. The van der Waals surface area contributed by atoms with Gasteiger partial charge in [0.2, 0.25) is 5.91 Å². The lowest BCUT2D eigenvalue weighted by Crippen LogP contribution is -2.32. The summed E-state index contributed by atoms with van der Waals surface area (Å²) >= 11 is 3.04. The molecule has 0 aromatic heterocycles. The molecule has 2 amide bonds. The highest BCUT2D eigenvalue weighted by molar-refractivity contribution is 8.01. The fraction of sp³-hybridized carbons (Fsp3) is 0.125. The van der Waals surface area contributed by atoms with Gasteiger partial charge in [-0.1, -0.05) is 36.0 Å². The smallest absolute Gasteiger partial charge is 0.338 e. The number of rotatable bonds is 3. The van der Waals surface area contributed by atoms with Crippen molar-refractivity contribution in [2.75, 3.05) is 16.8 Å². The predicted molar refractivity (Wildman–Crippen MR) is 125 cm³/mol. The van der Waals surface area contributed by atoms with Crippen LogP contribution in [-0.2, 0) is 14.3 Å². The van der Waals surface area contributed by atoms with E-state index in [1.165, 1.54) is 11.8 Å². The van der Waals surface area contributed by atoms with E-state index in [2.05, 4.69) is 5.32 Å². The van der Waals surface area contributed by atoms with E-state index in [0.29, 0.717) is 5.69 Å². The zero-order chi connectivity index (χ0) is 22.2. The Balaban J connectivity index is 1.34. The molecule has 2 aliphatic heterocycles. The molecule has 32 heavy (non-hydrogen) atoms. The third-order valence-electron chi connectivity index (χ3n) is 5.15. The second kappa shape index (κ2) is 8.37. The van der Waals surface area contributed by atoms with Crippen molar-refractivity contribution in [1.82, 2.24) is 0 Å². The molecule has 5 rings (SSSR count). The number of anilines is 3. The summed E-state index contributed by atoms with van der Waals surface area (Å²) in [5, 5.41) is 2.61. The number of carbonyl (C=O) groups is 3. The van der Waals surface area contributed by atoms with Gasteiger partial charge in [0.15, 0.2) is 6.61 Å². The van der Waals surface area contributed by atoms with Gasteiger partial charge in [-0.3, -0.25) is 14.5 Å². The number of fused-ring (bicyclic) bond motifs is 3. The number of esters is 1. The maximum Gasteiger partial charge on any atom is 0.338 e. The van der Waals surface area contributed by atoms with Crippen LogP contribution in [0.2, 0.25) is 0 Å². The van der Waals surface area contributed by atoms with Crippen molar-refractivity contribution in [3.05, 3.63) is 72.3 Å². The average molecular weight is 463 g/mol. The minimum Gasteiger partial charge on any atom is -0.452 e. The number of hydrogen-bond donors (Lipinski definition) is 1. The first-order chi connectivity index (χ1) is 15.5. The van der Waals surface area contributed by atoms with E-state index in [1.54, 1.807) is 34.9 Å². The van der Waals surface area contributed by atoms with E-state index < -0.39 is 12.6 Å². The van der Waals surface area contributed by atoms with Gasteiger partial charge in [0, 0.05) is 14.7 Å². The number of ether oxygens (including phenoxy) is 1. The standard InChI is InChI=1S/C24H18N2O4S2/c1-14-23(28)25-16-12-15(10-11-19(16)31-14)24(29)30-13-22(27)26-17-6-2-4-8-20(17)32-21-9-5-3-7-18(21)26/h2-12,14H,13H2,1H3,(H,25,28). The van der Waals surface area contributed by atoms with Gasteiger partial charge in [0.05, 0.1) is 27.9 Å². The number of amides is 2. The number of thioether (sulfide) groups is 1. The number of carbonyl (C=O) groups excluding carboxylic acids is 3. The van der Waals surface area contributed by atoms with Crippen molar-refractivity contribution in [2.24, 2.45) is 0 Å². The van der Waals surface area contributed by atoms with E-state index in [9.17, 15) is 14.4 Å². The van der Waals surface area contributed by atoms with Crippen LogP contribution in [0.4, 0.5) is 17.1 Å². The van der Waals surface area contributed by atoms with Crippen molar-refractivity contribution in [3.8, 4) is 0 Å². The molecule has 1 N–H and O–H groups in total. The molecule has 3 aromatic rings. The zero-order valence-electron chi connectivity index (χ0n) is 17.0. The SMILES string of the molecule is CC1Sc2ccc(C(=O)OCC(=O)N3c4ccccc4Sc4ccccc43)cc2NC1=O. The van der Waals surface area contributed by atoms with Gasteiger partial charge < -0.3 is 10.1 Å². The van der Waals surface area contributed by atoms with E-state index in [-0.39, 0.29) is 22.6 Å². The first-order valence-corrected chi connectivity index (χ1v) is 11.7. The highest BCUT2D eigenvalue weighted by Crippen LogP contribution is 2.47. The molecule has 8 heteroatoms. The number of nitrogens with zero attached hydrogens (tertiary/aromatic N) is 1. The third-order valence-corrected chi connectivity index (χ3v) is 7.46. The summed E-state index contributed by atoms with van der Waals surface area (Å²) in [6.45, 7) is 1.42. The van der Waals surface area contributed by atoms with Crippen LogP contribution in [0.25, 0.3) is 0 Å². The minimum atomic E-state index is -0.619. The lowest BCUT2D eigenvalue weighted by Gasteiger charge is -2.30. The molecule has 0 fully saturated rings. The van der Waals surface area contributed by atoms with Crippen LogP contribution in [0.5, 0.6) is 0 Å². The Bertz CT molecular complexity index is 1210. The quantitative estimate of drug-likeness (QED) is 0.546. The molecule has 160 valence electrons.